The number of halogens is 1. The van der Waals surface area contributed by atoms with Crippen LogP contribution in [0.2, 0.25) is 0 Å². The number of benzene rings is 2. The van der Waals surface area contributed by atoms with Gasteiger partial charge in [-0.15, -0.1) is 12.6 Å². The number of nitrogens with zero attached hydrogens (tertiary/aromatic N) is 2. The van der Waals surface area contributed by atoms with Crippen LogP contribution in [0.1, 0.15) is 42.9 Å². The number of amides is 1. The number of anilines is 1. The molecule has 1 saturated heterocycles. The molecule has 0 saturated carbocycles. The Morgan fingerprint density at radius 2 is 1.97 bits per heavy atom. The van der Waals surface area contributed by atoms with E-state index in [4.69, 9.17) is 17.9 Å². The van der Waals surface area contributed by atoms with E-state index in [1.165, 1.54) is 12.1 Å². The maximum Gasteiger partial charge on any atom is 0.207 e. The standard InChI is InChI=1S/C28H33FN4O2S/c1-28(35)17-33(18-28)24-12-10-20(11-13-24)27(36)25(21-8-9-22(16-30)26(29)15-21)7-3-5-23(31-2)6-4-14-32-19-34/h3,7-13,15,19,23,31,35-36H,4-6,14,17-18H2,1-2H3,(H,32,34)/b7-3+,27-25+. The summed E-state index contributed by atoms with van der Waals surface area (Å²) in [5.41, 5.74) is 2.63. The molecule has 1 aliphatic heterocycles. The average Bonchev–Trinajstić information content (AvgIpc) is 2.86. The molecule has 1 unspecified atom stereocenters. The number of allylic oxidation sites excluding steroid dienone is 2. The van der Waals surface area contributed by atoms with Crippen molar-refractivity contribution in [1.29, 1.82) is 5.26 Å². The molecule has 8 heteroatoms. The van der Waals surface area contributed by atoms with Gasteiger partial charge in [0.05, 0.1) is 11.2 Å². The normalized spacial score (nSPS) is 16.2. The fraction of sp³-hybridized carbons (Fsp3) is 0.357. The van der Waals surface area contributed by atoms with Crippen LogP contribution < -0.4 is 15.5 Å². The van der Waals surface area contributed by atoms with Crippen molar-refractivity contribution in [3.8, 4) is 6.07 Å². The summed E-state index contributed by atoms with van der Waals surface area (Å²) in [5, 5.41) is 25.1. The van der Waals surface area contributed by atoms with Gasteiger partial charge in [0.15, 0.2) is 0 Å². The fourth-order valence-electron chi connectivity index (χ4n) is 4.27. The van der Waals surface area contributed by atoms with Gasteiger partial charge in [-0.1, -0.05) is 30.4 Å². The van der Waals surface area contributed by atoms with E-state index in [-0.39, 0.29) is 11.6 Å². The molecule has 0 aromatic heterocycles. The van der Waals surface area contributed by atoms with Gasteiger partial charge >= 0.3 is 0 Å². The van der Waals surface area contributed by atoms with Crippen LogP contribution in [0.15, 0.2) is 54.6 Å². The van der Waals surface area contributed by atoms with Crippen molar-refractivity contribution < 1.29 is 14.3 Å². The monoisotopic (exact) mass is 508 g/mol. The predicted molar refractivity (Wildman–Crippen MR) is 146 cm³/mol. The van der Waals surface area contributed by atoms with Gasteiger partial charge in [0, 0.05) is 36.3 Å². The van der Waals surface area contributed by atoms with Gasteiger partial charge in [-0.05, 0) is 74.2 Å². The van der Waals surface area contributed by atoms with Crippen LogP contribution in [-0.2, 0) is 4.79 Å². The molecule has 0 bridgehead atoms. The van der Waals surface area contributed by atoms with E-state index < -0.39 is 11.4 Å². The van der Waals surface area contributed by atoms with Crippen molar-refractivity contribution in [3.05, 3.63) is 77.1 Å². The molecular weight excluding hydrogens is 475 g/mol. The van der Waals surface area contributed by atoms with Crippen LogP contribution in [-0.4, -0.2) is 49.8 Å². The molecular formula is C28H33FN4O2S. The Morgan fingerprint density at radius 3 is 2.56 bits per heavy atom. The zero-order chi connectivity index (χ0) is 26.1. The smallest absolute Gasteiger partial charge is 0.207 e. The maximum atomic E-state index is 14.5. The Hall–Kier alpha value is -3.12. The highest BCUT2D eigenvalue weighted by Crippen LogP contribution is 2.34. The SMILES string of the molecule is CNC(C/C=C/C(=C(\S)c1ccc(N2CC(C)(O)C2)cc1)c1ccc(C#N)c(F)c1)CCCNC=O. The summed E-state index contributed by atoms with van der Waals surface area (Å²) in [7, 11) is 1.90. The Bertz CT molecular complexity index is 1150. The number of carbonyl (C=O) groups excluding carboxylic acids is 1. The zero-order valence-electron chi connectivity index (χ0n) is 20.7. The highest BCUT2D eigenvalue weighted by atomic mass is 32.1. The number of β-amino-alcohol motifs (C(OH)–C–C–N with tert-alkyl or cyclic N) is 1. The Morgan fingerprint density at radius 1 is 1.28 bits per heavy atom. The topological polar surface area (TPSA) is 88.4 Å². The summed E-state index contributed by atoms with van der Waals surface area (Å²) in [6, 6.07) is 14.6. The molecule has 6 nitrogen and oxygen atoms in total. The molecule has 0 radical (unpaired) electrons. The highest BCUT2D eigenvalue weighted by molar-refractivity contribution is 7.90. The minimum absolute atomic E-state index is 0.00300. The highest BCUT2D eigenvalue weighted by Gasteiger charge is 2.36. The first kappa shape index (κ1) is 27.5. The molecule has 1 atom stereocenters. The maximum absolute atomic E-state index is 14.5. The molecule has 1 heterocycles. The number of nitrogens with one attached hydrogen (secondary N) is 2. The minimum Gasteiger partial charge on any atom is -0.386 e. The van der Waals surface area contributed by atoms with Crippen LogP contribution in [0.5, 0.6) is 0 Å². The van der Waals surface area contributed by atoms with E-state index in [9.17, 15) is 14.3 Å². The summed E-state index contributed by atoms with van der Waals surface area (Å²) in [4.78, 5) is 13.2. The quantitative estimate of drug-likeness (QED) is 0.114. The lowest BCUT2D eigenvalue weighted by Crippen LogP contribution is -2.60. The molecule has 0 spiro atoms. The third kappa shape index (κ3) is 7.20. The van der Waals surface area contributed by atoms with Crippen LogP contribution in [0.3, 0.4) is 0 Å². The van der Waals surface area contributed by atoms with E-state index in [0.717, 1.165) is 36.1 Å². The van der Waals surface area contributed by atoms with E-state index in [1.807, 2.05) is 56.5 Å². The summed E-state index contributed by atoms with van der Waals surface area (Å²) in [5.74, 6) is -0.571. The molecule has 3 rings (SSSR count). The number of hydrogen-bond donors (Lipinski definition) is 4. The average molecular weight is 509 g/mol. The van der Waals surface area contributed by atoms with Gasteiger partial charge in [0.25, 0.3) is 0 Å². The number of hydrogen-bond acceptors (Lipinski definition) is 6. The summed E-state index contributed by atoms with van der Waals surface area (Å²) < 4.78 is 14.5. The van der Waals surface area contributed by atoms with Gasteiger partial charge in [-0.25, -0.2) is 4.39 Å². The molecule has 2 aromatic rings. The van der Waals surface area contributed by atoms with E-state index in [0.29, 0.717) is 36.5 Å². The summed E-state index contributed by atoms with van der Waals surface area (Å²) in [6.45, 7) is 3.63. The third-order valence-electron chi connectivity index (χ3n) is 6.29. The van der Waals surface area contributed by atoms with Crippen LogP contribution >= 0.6 is 12.6 Å². The van der Waals surface area contributed by atoms with Crippen molar-refractivity contribution in [2.24, 2.45) is 0 Å². The first-order valence-electron chi connectivity index (χ1n) is 12.0. The van der Waals surface area contributed by atoms with Crippen molar-refractivity contribution in [1.82, 2.24) is 10.6 Å². The first-order chi connectivity index (χ1) is 17.3. The Kier molecular flexibility index (Phi) is 9.71. The zero-order valence-corrected chi connectivity index (χ0v) is 21.6. The predicted octanol–water partition coefficient (Wildman–Crippen LogP) is 4.13. The molecule has 3 N–H and O–H groups in total. The number of nitriles is 1. The van der Waals surface area contributed by atoms with Gasteiger partial charge in [0.2, 0.25) is 6.41 Å². The second-order valence-corrected chi connectivity index (χ2v) is 9.75. The summed E-state index contributed by atoms with van der Waals surface area (Å²) >= 11 is 4.82. The largest absolute Gasteiger partial charge is 0.386 e. The minimum atomic E-state index is -0.652. The molecule has 190 valence electrons. The molecule has 1 amide bonds. The lowest BCUT2D eigenvalue weighted by atomic mass is 9.95. The van der Waals surface area contributed by atoms with Crippen molar-refractivity contribution in [2.45, 2.75) is 37.8 Å². The number of rotatable bonds is 12. The number of thiol groups is 1. The van der Waals surface area contributed by atoms with Crippen LogP contribution in [0.25, 0.3) is 10.5 Å². The first-order valence-corrected chi connectivity index (χ1v) is 12.4. The van der Waals surface area contributed by atoms with E-state index in [1.54, 1.807) is 6.07 Å². The molecule has 36 heavy (non-hydrogen) atoms. The van der Waals surface area contributed by atoms with E-state index in [2.05, 4.69) is 15.5 Å². The van der Waals surface area contributed by atoms with Gasteiger partial charge in [0.1, 0.15) is 11.9 Å². The Balaban J connectivity index is 1.85. The number of carbonyl (C=O) groups is 1. The van der Waals surface area contributed by atoms with E-state index >= 15 is 0 Å². The summed E-state index contributed by atoms with van der Waals surface area (Å²) in [6.07, 6.45) is 7.18. The molecule has 1 fully saturated rings. The third-order valence-corrected chi connectivity index (χ3v) is 6.79. The van der Waals surface area contributed by atoms with Gasteiger partial charge in [-0.2, -0.15) is 5.26 Å². The number of aliphatic hydroxyl groups is 1. The molecule has 1 aliphatic rings. The Labute approximate surface area is 217 Å². The molecule has 2 aromatic carbocycles. The van der Waals surface area contributed by atoms with Gasteiger partial charge in [-0.3, -0.25) is 4.79 Å². The lowest BCUT2D eigenvalue weighted by Gasteiger charge is -2.45. The second-order valence-electron chi connectivity index (χ2n) is 9.31. The van der Waals surface area contributed by atoms with Crippen LogP contribution in [0, 0.1) is 17.1 Å². The molecule has 0 aliphatic carbocycles. The van der Waals surface area contributed by atoms with Crippen molar-refractivity contribution in [2.75, 3.05) is 31.6 Å². The van der Waals surface area contributed by atoms with Crippen LogP contribution in [0.4, 0.5) is 10.1 Å². The van der Waals surface area contributed by atoms with Gasteiger partial charge < -0.3 is 20.6 Å². The lowest BCUT2D eigenvalue weighted by molar-refractivity contribution is -0.109. The fourth-order valence-corrected chi connectivity index (χ4v) is 4.62. The van der Waals surface area contributed by atoms with Crippen molar-refractivity contribution in [3.63, 3.8) is 0 Å². The van der Waals surface area contributed by atoms with Crippen molar-refractivity contribution >= 4 is 35.2 Å². The second kappa shape index (κ2) is 12.7.